The van der Waals surface area contributed by atoms with Gasteiger partial charge in [0.1, 0.15) is 5.75 Å². The van der Waals surface area contributed by atoms with Crippen LogP contribution in [0.3, 0.4) is 0 Å². The quantitative estimate of drug-likeness (QED) is 0.793. The smallest absolute Gasteiger partial charge is 0.265 e. The maximum atomic E-state index is 11.4. The number of nitrogens with one attached hydrogen (secondary N) is 1. The SMILES string of the molecule is CC1Oc2ccc(C(C)CN)cc2NC1=O. The van der Waals surface area contributed by atoms with Gasteiger partial charge in [-0.25, -0.2) is 0 Å². The molecule has 2 unspecified atom stereocenters. The van der Waals surface area contributed by atoms with E-state index in [1.54, 1.807) is 6.92 Å². The Kier molecular flexibility index (Phi) is 2.83. The summed E-state index contributed by atoms with van der Waals surface area (Å²) in [6, 6.07) is 5.80. The Morgan fingerprint density at radius 2 is 2.31 bits per heavy atom. The third kappa shape index (κ3) is 1.88. The third-order valence-electron chi connectivity index (χ3n) is 2.86. The molecule has 4 nitrogen and oxygen atoms in total. The van der Waals surface area contributed by atoms with Crippen LogP contribution in [-0.4, -0.2) is 18.6 Å². The van der Waals surface area contributed by atoms with Gasteiger partial charge in [0.25, 0.3) is 5.91 Å². The van der Waals surface area contributed by atoms with Gasteiger partial charge in [0.2, 0.25) is 0 Å². The van der Waals surface area contributed by atoms with E-state index in [4.69, 9.17) is 10.5 Å². The molecule has 0 spiro atoms. The molecular formula is C12H16N2O2. The molecule has 1 aromatic rings. The standard InChI is InChI=1S/C12H16N2O2/c1-7(6-13)9-3-4-11-10(5-9)14-12(15)8(2)16-11/h3-5,7-8H,6,13H2,1-2H3,(H,14,15). The molecule has 86 valence electrons. The molecular weight excluding hydrogens is 204 g/mol. The minimum Gasteiger partial charge on any atom is -0.479 e. The van der Waals surface area contributed by atoms with Crippen molar-refractivity contribution in [2.75, 3.05) is 11.9 Å². The molecule has 1 aliphatic heterocycles. The van der Waals surface area contributed by atoms with Gasteiger partial charge in [0, 0.05) is 0 Å². The zero-order valence-corrected chi connectivity index (χ0v) is 9.49. The molecule has 0 bridgehead atoms. The molecule has 2 rings (SSSR count). The predicted molar refractivity (Wildman–Crippen MR) is 62.6 cm³/mol. The van der Waals surface area contributed by atoms with E-state index >= 15 is 0 Å². The number of amides is 1. The number of hydrogen-bond donors (Lipinski definition) is 2. The highest BCUT2D eigenvalue weighted by atomic mass is 16.5. The lowest BCUT2D eigenvalue weighted by molar-refractivity contribution is -0.122. The lowest BCUT2D eigenvalue weighted by atomic mass is 10.00. The van der Waals surface area contributed by atoms with Crippen molar-refractivity contribution in [3.63, 3.8) is 0 Å². The molecule has 1 aliphatic rings. The molecule has 0 fully saturated rings. The van der Waals surface area contributed by atoms with E-state index in [1.165, 1.54) is 0 Å². The van der Waals surface area contributed by atoms with E-state index in [2.05, 4.69) is 12.2 Å². The topological polar surface area (TPSA) is 64.3 Å². The first-order chi connectivity index (χ1) is 7.61. The van der Waals surface area contributed by atoms with Crippen LogP contribution in [-0.2, 0) is 4.79 Å². The number of anilines is 1. The molecule has 0 radical (unpaired) electrons. The average Bonchev–Trinajstić information content (AvgIpc) is 2.29. The Balaban J connectivity index is 2.32. The van der Waals surface area contributed by atoms with E-state index < -0.39 is 6.10 Å². The highest BCUT2D eigenvalue weighted by Gasteiger charge is 2.23. The molecule has 1 heterocycles. The first kappa shape index (κ1) is 11.0. The minimum absolute atomic E-state index is 0.106. The summed E-state index contributed by atoms with van der Waals surface area (Å²) >= 11 is 0. The molecule has 16 heavy (non-hydrogen) atoms. The highest BCUT2D eigenvalue weighted by molar-refractivity contribution is 5.97. The number of hydrogen-bond acceptors (Lipinski definition) is 3. The summed E-state index contributed by atoms with van der Waals surface area (Å²) in [4.78, 5) is 11.4. The monoisotopic (exact) mass is 220 g/mol. The summed E-state index contributed by atoms with van der Waals surface area (Å²) in [5.41, 5.74) is 7.46. The van der Waals surface area contributed by atoms with Crippen molar-refractivity contribution in [3.8, 4) is 5.75 Å². The van der Waals surface area contributed by atoms with Crippen molar-refractivity contribution in [3.05, 3.63) is 23.8 Å². The predicted octanol–water partition coefficient (Wildman–Crippen LogP) is 1.47. The van der Waals surface area contributed by atoms with Crippen LogP contribution < -0.4 is 15.8 Å². The summed E-state index contributed by atoms with van der Waals surface area (Å²) in [6.45, 7) is 4.37. The van der Waals surface area contributed by atoms with Crippen molar-refractivity contribution in [1.29, 1.82) is 0 Å². The van der Waals surface area contributed by atoms with E-state index in [-0.39, 0.29) is 11.8 Å². The van der Waals surface area contributed by atoms with Crippen LogP contribution in [0.25, 0.3) is 0 Å². The van der Waals surface area contributed by atoms with Crippen LogP contribution in [0.2, 0.25) is 0 Å². The van der Waals surface area contributed by atoms with Crippen molar-refractivity contribution in [1.82, 2.24) is 0 Å². The maximum Gasteiger partial charge on any atom is 0.265 e. The molecule has 1 aromatic carbocycles. The van der Waals surface area contributed by atoms with Crippen LogP contribution in [0.5, 0.6) is 5.75 Å². The summed E-state index contributed by atoms with van der Waals surface area (Å²) in [5.74, 6) is 0.895. The summed E-state index contributed by atoms with van der Waals surface area (Å²) < 4.78 is 5.47. The van der Waals surface area contributed by atoms with E-state index in [1.807, 2.05) is 18.2 Å². The van der Waals surface area contributed by atoms with E-state index in [0.717, 1.165) is 17.0 Å². The lowest BCUT2D eigenvalue weighted by Crippen LogP contribution is -2.34. The van der Waals surface area contributed by atoms with Crippen molar-refractivity contribution < 1.29 is 9.53 Å². The zero-order valence-electron chi connectivity index (χ0n) is 9.49. The van der Waals surface area contributed by atoms with Gasteiger partial charge in [-0.1, -0.05) is 13.0 Å². The number of rotatable bonds is 2. The number of carbonyl (C=O) groups is 1. The van der Waals surface area contributed by atoms with Crippen LogP contribution in [0, 0.1) is 0 Å². The third-order valence-corrected chi connectivity index (χ3v) is 2.86. The van der Waals surface area contributed by atoms with Crippen LogP contribution in [0.4, 0.5) is 5.69 Å². The molecule has 0 saturated carbocycles. The Bertz CT molecular complexity index is 417. The molecule has 4 heteroatoms. The van der Waals surface area contributed by atoms with Gasteiger partial charge in [-0.2, -0.15) is 0 Å². The molecule has 2 atom stereocenters. The Hall–Kier alpha value is -1.55. The first-order valence-electron chi connectivity index (χ1n) is 5.43. The van der Waals surface area contributed by atoms with Gasteiger partial charge in [0.15, 0.2) is 6.10 Å². The van der Waals surface area contributed by atoms with Gasteiger partial charge >= 0.3 is 0 Å². The van der Waals surface area contributed by atoms with Crippen molar-refractivity contribution in [2.24, 2.45) is 5.73 Å². The fourth-order valence-electron chi connectivity index (χ4n) is 1.67. The number of ether oxygens (including phenoxy) is 1. The van der Waals surface area contributed by atoms with Gasteiger partial charge in [-0.05, 0) is 37.1 Å². The summed E-state index contributed by atoms with van der Waals surface area (Å²) in [5, 5.41) is 2.82. The second kappa shape index (κ2) is 4.14. The van der Waals surface area contributed by atoms with E-state index in [9.17, 15) is 4.79 Å². The van der Waals surface area contributed by atoms with E-state index in [0.29, 0.717) is 6.54 Å². The second-order valence-corrected chi connectivity index (χ2v) is 4.14. The number of benzene rings is 1. The number of fused-ring (bicyclic) bond motifs is 1. The average molecular weight is 220 g/mol. The Morgan fingerprint density at radius 3 is 3.00 bits per heavy atom. The molecule has 0 aromatic heterocycles. The number of nitrogens with two attached hydrogens (primary N) is 1. The zero-order chi connectivity index (χ0) is 11.7. The molecule has 1 amide bonds. The van der Waals surface area contributed by atoms with Gasteiger partial charge < -0.3 is 15.8 Å². The van der Waals surface area contributed by atoms with Crippen LogP contribution >= 0.6 is 0 Å². The van der Waals surface area contributed by atoms with Gasteiger partial charge in [-0.15, -0.1) is 0 Å². The van der Waals surface area contributed by atoms with Gasteiger partial charge in [-0.3, -0.25) is 4.79 Å². The lowest BCUT2D eigenvalue weighted by Gasteiger charge is -2.24. The van der Waals surface area contributed by atoms with Crippen LogP contribution in [0.15, 0.2) is 18.2 Å². The molecule has 0 aliphatic carbocycles. The first-order valence-corrected chi connectivity index (χ1v) is 5.43. The number of carbonyl (C=O) groups excluding carboxylic acids is 1. The molecule has 3 N–H and O–H groups in total. The van der Waals surface area contributed by atoms with Gasteiger partial charge in [0.05, 0.1) is 5.69 Å². The summed E-state index contributed by atoms with van der Waals surface area (Å²) in [6.07, 6.45) is -0.426. The fraction of sp³-hybridized carbons (Fsp3) is 0.417. The largest absolute Gasteiger partial charge is 0.479 e. The Morgan fingerprint density at radius 1 is 1.56 bits per heavy atom. The fourth-order valence-corrected chi connectivity index (χ4v) is 1.67. The van der Waals surface area contributed by atoms with Crippen LogP contribution in [0.1, 0.15) is 25.3 Å². The highest BCUT2D eigenvalue weighted by Crippen LogP contribution is 2.32. The minimum atomic E-state index is -0.426. The molecule has 0 saturated heterocycles. The van der Waals surface area contributed by atoms with Crippen molar-refractivity contribution in [2.45, 2.75) is 25.9 Å². The van der Waals surface area contributed by atoms with Crippen molar-refractivity contribution >= 4 is 11.6 Å². The summed E-state index contributed by atoms with van der Waals surface area (Å²) in [7, 11) is 0. The normalized spacial score (nSPS) is 20.7. The Labute approximate surface area is 94.8 Å². The maximum absolute atomic E-state index is 11.4. The second-order valence-electron chi connectivity index (χ2n) is 4.14.